The Labute approximate surface area is 118 Å². The molecule has 0 amide bonds. The van der Waals surface area contributed by atoms with Crippen LogP contribution >= 0.6 is 0 Å². The summed E-state index contributed by atoms with van der Waals surface area (Å²) in [6.07, 6.45) is 6.85. The van der Waals surface area contributed by atoms with Crippen molar-refractivity contribution in [1.82, 2.24) is 10.2 Å². The average molecular weight is 290 g/mol. The Kier molecular flexibility index (Phi) is 6.73. The van der Waals surface area contributed by atoms with Crippen LogP contribution in [0, 0.1) is 5.92 Å². The molecule has 2 fully saturated rings. The van der Waals surface area contributed by atoms with Crippen molar-refractivity contribution in [3.05, 3.63) is 0 Å². The second-order valence-electron chi connectivity index (χ2n) is 5.57. The normalized spacial score (nSPS) is 24.3. The van der Waals surface area contributed by atoms with Crippen molar-refractivity contribution in [3.63, 3.8) is 0 Å². The topological polar surface area (TPSA) is 61.8 Å². The van der Waals surface area contributed by atoms with Crippen molar-refractivity contribution >= 4 is 11.1 Å². The summed E-state index contributed by atoms with van der Waals surface area (Å²) >= 11 is -1.76. The molecule has 0 aromatic heterocycles. The quantitative estimate of drug-likeness (QED) is 0.382. The summed E-state index contributed by atoms with van der Waals surface area (Å²) < 4.78 is 26.3. The van der Waals surface area contributed by atoms with E-state index in [9.17, 15) is 8.76 Å². The number of nitrogens with zero attached hydrogens (tertiary/aromatic N) is 1. The van der Waals surface area contributed by atoms with Gasteiger partial charge in [-0.15, -0.1) is 0 Å². The largest absolute Gasteiger partial charge is 0.366 e. The molecule has 5 nitrogen and oxygen atoms in total. The number of rotatable bonds is 9. The van der Waals surface area contributed by atoms with Gasteiger partial charge in [0.25, 0.3) is 0 Å². The molecule has 0 spiro atoms. The monoisotopic (exact) mass is 290 g/mol. The van der Waals surface area contributed by atoms with E-state index in [-0.39, 0.29) is 5.37 Å². The highest BCUT2D eigenvalue weighted by atomic mass is 32.2. The lowest BCUT2D eigenvalue weighted by atomic mass is 10.1. The van der Waals surface area contributed by atoms with Gasteiger partial charge in [-0.1, -0.05) is 6.42 Å². The summed E-state index contributed by atoms with van der Waals surface area (Å²) in [4.78, 5) is 2.16. The van der Waals surface area contributed by atoms with Crippen LogP contribution in [0.3, 0.4) is 0 Å². The van der Waals surface area contributed by atoms with E-state index in [1.54, 1.807) is 0 Å². The van der Waals surface area contributed by atoms with Crippen LogP contribution in [-0.2, 0) is 15.8 Å². The van der Waals surface area contributed by atoms with Crippen LogP contribution in [0.25, 0.3) is 0 Å². The Hall–Kier alpha value is -0.0100. The van der Waals surface area contributed by atoms with E-state index in [4.69, 9.17) is 4.74 Å². The van der Waals surface area contributed by atoms with Crippen LogP contribution in [0.5, 0.6) is 0 Å². The molecule has 1 heterocycles. The molecule has 1 saturated carbocycles. The first-order chi connectivity index (χ1) is 9.27. The van der Waals surface area contributed by atoms with E-state index in [2.05, 4.69) is 10.2 Å². The molecular weight excluding hydrogens is 264 g/mol. The van der Waals surface area contributed by atoms with Gasteiger partial charge in [0, 0.05) is 0 Å². The third-order valence-corrected chi connectivity index (χ3v) is 4.85. The molecule has 1 aliphatic carbocycles. The third-order valence-electron chi connectivity index (χ3n) is 3.85. The van der Waals surface area contributed by atoms with Crippen LogP contribution in [0.4, 0.5) is 0 Å². The lowest BCUT2D eigenvalue weighted by Crippen LogP contribution is -2.43. The number of piperidine rings is 1. The first kappa shape index (κ1) is 15.4. The molecule has 1 saturated heterocycles. The Morgan fingerprint density at radius 1 is 1.32 bits per heavy atom. The van der Waals surface area contributed by atoms with Crippen molar-refractivity contribution in [2.75, 3.05) is 33.0 Å². The van der Waals surface area contributed by atoms with Crippen molar-refractivity contribution in [2.45, 2.75) is 43.9 Å². The fourth-order valence-electron chi connectivity index (χ4n) is 2.50. The number of nitrogens with one attached hydrogen (secondary N) is 1. The smallest absolute Gasteiger partial charge is 0.170 e. The Bertz CT molecular complexity index is 281. The van der Waals surface area contributed by atoms with Crippen molar-refractivity contribution in [3.8, 4) is 0 Å². The van der Waals surface area contributed by atoms with E-state index >= 15 is 0 Å². The first-order valence-corrected chi connectivity index (χ1v) is 8.56. The average Bonchev–Trinajstić information content (AvgIpc) is 3.22. The highest BCUT2D eigenvalue weighted by Crippen LogP contribution is 2.28. The molecule has 112 valence electrons. The third kappa shape index (κ3) is 5.87. The fourth-order valence-corrected chi connectivity index (χ4v) is 3.28. The zero-order valence-electron chi connectivity index (χ0n) is 11.6. The molecule has 0 aromatic rings. The van der Waals surface area contributed by atoms with E-state index in [0.717, 1.165) is 45.0 Å². The minimum atomic E-state index is -1.76. The maximum Gasteiger partial charge on any atom is 0.170 e. The van der Waals surface area contributed by atoms with Crippen LogP contribution in [0.15, 0.2) is 0 Å². The zero-order chi connectivity index (χ0) is 13.5. The molecule has 2 N–H and O–H groups in total. The maximum atomic E-state index is 11.4. The molecule has 0 aromatic carbocycles. The van der Waals surface area contributed by atoms with Gasteiger partial charge in [0.1, 0.15) is 5.37 Å². The second kappa shape index (κ2) is 8.32. The van der Waals surface area contributed by atoms with Crippen LogP contribution in [-0.4, -0.2) is 52.0 Å². The Balaban J connectivity index is 1.57. The summed E-state index contributed by atoms with van der Waals surface area (Å²) in [6, 6.07) is 0. The summed E-state index contributed by atoms with van der Waals surface area (Å²) in [5.41, 5.74) is 0. The van der Waals surface area contributed by atoms with Gasteiger partial charge in [0.15, 0.2) is 11.1 Å². The molecule has 0 bridgehead atoms. The number of hydrogen-bond donors (Lipinski definition) is 2. The number of likely N-dealkylation sites (tertiary alicyclic amines) is 1. The summed E-state index contributed by atoms with van der Waals surface area (Å²) in [5.74, 6) is 0.785. The molecule has 19 heavy (non-hydrogen) atoms. The first-order valence-electron chi connectivity index (χ1n) is 7.39. The highest BCUT2D eigenvalue weighted by Gasteiger charge is 2.24. The van der Waals surface area contributed by atoms with Crippen LogP contribution < -0.4 is 5.32 Å². The summed E-state index contributed by atoms with van der Waals surface area (Å²) in [7, 11) is 0. The fraction of sp³-hybridized carbons (Fsp3) is 1.00. The van der Waals surface area contributed by atoms with Crippen molar-refractivity contribution < 1.29 is 13.5 Å². The molecule has 0 radical (unpaired) electrons. The number of hydrogen-bond acceptors (Lipinski definition) is 4. The minimum absolute atomic E-state index is 0.226. The van der Waals surface area contributed by atoms with Gasteiger partial charge in [-0.2, -0.15) is 0 Å². The standard InChI is InChI=1S/C13H26N2O3S/c16-19(17)13(15-8-2-1-3-9-15)6-7-14-11-18-10-12-4-5-12/h12-14H,1-11H2,(H,16,17). The van der Waals surface area contributed by atoms with Gasteiger partial charge >= 0.3 is 0 Å². The van der Waals surface area contributed by atoms with Gasteiger partial charge in [0.2, 0.25) is 0 Å². The SMILES string of the molecule is O=S(O)C(CCNCOCC1CC1)N1CCCCC1. The Morgan fingerprint density at radius 2 is 2.05 bits per heavy atom. The van der Waals surface area contributed by atoms with E-state index in [1.165, 1.54) is 19.3 Å². The van der Waals surface area contributed by atoms with E-state index < -0.39 is 11.1 Å². The van der Waals surface area contributed by atoms with Gasteiger partial charge in [-0.25, -0.2) is 4.21 Å². The lowest BCUT2D eigenvalue weighted by molar-refractivity contribution is 0.105. The van der Waals surface area contributed by atoms with Crippen LogP contribution in [0.2, 0.25) is 0 Å². The molecule has 2 atom stereocenters. The van der Waals surface area contributed by atoms with Crippen molar-refractivity contribution in [2.24, 2.45) is 5.92 Å². The van der Waals surface area contributed by atoms with E-state index in [1.807, 2.05) is 0 Å². The molecule has 2 unspecified atom stereocenters. The van der Waals surface area contributed by atoms with Crippen molar-refractivity contribution in [1.29, 1.82) is 0 Å². The predicted octanol–water partition coefficient (Wildman–Crippen LogP) is 1.38. The summed E-state index contributed by atoms with van der Waals surface area (Å²) in [6.45, 7) is 4.05. The van der Waals surface area contributed by atoms with E-state index in [0.29, 0.717) is 13.2 Å². The molecule has 2 aliphatic rings. The Morgan fingerprint density at radius 3 is 2.68 bits per heavy atom. The number of ether oxygens (including phenoxy) is 1. The predicted molar refractivity (Wildman–Crippen MR) is 76.1 cm³/mol. The maximum absolute atomic E-state index is 11.4. The second-order valence-corrected chi connectivity index (χ2v) is 6.67. The van der Waals surface area contributed by atoms with Gasteiger partial charge in [-0.3, -0.25) is 10.2 Å². The molecule has 1 aliphatic heterocycles. The van der Waals surface area contributed by atoms with Gasteiger partial charge in [-0.05, 0) is 57.7 Å². The molecule has 2 rings (SSSR count). The van der Waals surface area contributed by atoms with Gasteiger partial charge < -0.3 is 9.29 Å². The van der Waals surface area contributed by atoms with Gasteiger partial charge in [0.05, 0.1) is 13.3 Å². The zero-order valence-corrected chi connectivity index (χ0v) is 12.4. The van der Waals surface area contributed by atoms with Crippen LogP contribution in [0.1, 0.15) is 38.5 Å². The highest BCUT2D eigenvalue weighted by molar-refractivity contribution is 7.79. The molecule has 6 heteroatoms. The summed E-state index contributed by atoms with van der Waals surface area (Å²) in [5, 5.41) is 2.97. The lowest BCUT2D eigenvalue weighted by Gasteiger charge is -2.32. The minimum Gasteiger partial charge on any atom is -0.366 e. The molecular formula is C13H26N2O3S.